The summed E-state index contributed by atoms with van der Waals surface area (Å²) in [6.07, 6.45) is 1.30. The second-order valence-corrected chi connectivity index (χ2v) is 7.45. The molecular formula is C23H25ClN2O5. The van der Waals surface area contributed by atoms with Gasteiger partial charge in [0.1, 0.15) is 11.6 Å². The second-order valence-electron chi connectivity index (χ2n) is 7.05. The lowest BCUT2D eigenvalue weighted by Gasteiger charge is -2.15. The molecule has 0 spiro atoms. The molecule has 0 amide bonds. The number of rotatable bonds is 8. The number of ketones is 1. The molecule has 1 heterocycles. The van der Waals surface area contributed by atoms with E-state index in [9.17, 15) is 14.9 Å². The lowest BCUT2D eigenvalue weighted by molar-refractivity contribution is 0.0525. The number of esters is 1. The molecule has 0 aliphatic rings. The number of aryl methyl sites for hydroxylation is 1. The second kappa shape index (κ2) is 10.2. The van der Waals surface area contributed by atoms with E-state index in [-0.39, 0.29) is 24.0 Å². The molecule has 8 heteroatoms. The molecule has 0 radical (unpaired) electrons. The minimum Gasteiger partial charge on any atom is -0.493 e. The number of ether oxygens (including phenoxy) is 3. The largest absolute Gasteiger partial charge is 0.493 e. The van der Waals surface area contributed by atoms with Gasteiger partial charge in [-0.25, -0.2) is 4.79 Å². The Morgan fingerprint density at radius 3 is 2.52 bits per heavy atom. The predicted molar refractivity (Wildman–Crippen MR) is 118 cm³/mol. The van der Waals surface area contributed by atoms with Gasteiger partial charge in [-0.05, 0) is 64.0 Å². The molecule has 164 valence electrons. The quantitative estimate of drug-likeness (QED) is 0.264. The number of hydrogen-bond donors (Lipinski definition) is 1. The number of H-pyrrole nitrogens is 1. The predicted octanol–water partition coefficient (Wildman–Crippen LogP) is 5.05. The van der Waals surface area contributed by atoms with Crippen molar-refractivity contribution in [2.45, 2.75) is 40.7 Å². The molecule has 2 rings (SSSR count). The third-order valence-electron chi connectivity index (χ3n) is 4.43. The first-order valence-electron chi connectivity index (χ1n) is 9.71. The number of nitrogens with one attached hydrogen (secondary N) is 1. The summed E-state index contributed by atoms with van der Waals surface area (Å²) >= 11 is 6.33. The summed E-state index contributed by atoms with van der Waals surface area (Å²) in [4.78, 5) is 28.1. The van der Waals surface area contributed by atoms with Gasteiger partial charge in [0.25, 0.3) is 0 Å². The molecule has 0 unspecified atom stereocenters. The number of aromatic amines is 1. The number of nitriles is 1. The maximum absolute atomic E-state index is 13.0. The van der Waals surface area contributed by atoms with Crippen LogP contribution in [0.15, 0.2) is 17.7 Å². The molecule has 0 saturated carbocycles. The Balaban J connectivity index is 2.49. The van der Waals surface area contributed by atoms with Gasteiger partial charge in [-0.1, -0.05) is 11.6 Å². The standard InChI is InChI=1S/C23H25ClN2O5/c1-7-30-23(28)19-13(4)20(26-14(19)5)21(27)16(11-25)8-15-9-17(24)22(31-12(2)3)18(10-15)29-6/h8-10,12,26H,7H2,1-6H3/b16-8+. The van der Waals surface area contributed by atoms with Crippen LogP contribution in [0, 0.1) is 25.2 Å². The van der Waals surface area contributed by atoms with Crippen LogP contribution in [-0.4, -0.2) is 36.6 Å². The van der Waals surface area contributed by atoms with Crippen molar-refractivity contribution in [2.75, 3.05) is 13.7 Å². The summed E-state index contributed by atoms with van der Waals surface area (Å²) in [5, 5.41) is 9.91. The zero-order chi connectivity index (χ0) is 23.3. The molecule has 7 nitrogen and oxygen atoms in total. The fourth-order valence-electron chi connectivity index (χ4n) is 3.11. The Kier molecular flexibility index (Phi) is 7.89. The molecule has 0 bridgehead atoms. The smallest absolute Gasteiger partial charge is 0.340 e. The third kappa shape index (κ3) is 5.28. The first kappa shape index (κ1) is 24.0. The number of aromatic nitrogens is 1. The van der Waals surface area contributed by atoms with Crippen LogP contribution >= 0.6 is 11.6 Å². The van der Waals surface area contributed by atoms with Crippen molar-refractivity contribution >= 4 is 29.4 Å². The Morgan fingerprint density at radius 2 is 1.97 bits per heavy atom. The highest BCUT2D eigenvalue weighted by Gasteiger charge is 2.25. The molecular weight excluding hydrogens is 420 g/mol. The van der Waals surface area contributed by atoms with E-state index in [0.29, 0.717) is 38.9 Å². The van der Waals surface area contributed by atoms with Crippen molar-refractivity contribution < 1.29 is 23.8 Å². The lowest BCUT2D eigenvalue weighted by atomic mass is 10.0. The van der Waals surface area contributed by atoms with Crippen molar-refractivity contribution in [2.24, 2.45) is 0 Å². The van der Waals surface area contributed by atoms with Crippen LogP contribution < -0.4 is 9.47 Å². The maximum Gasteiger partial charge on any atom is 0.340 e. The minimum absolute atomic E-state index is 0.114. The van der Waals surface area contributed by atoms with Gasteiger partial charge < -0.3 is 19.2 Å². The monoisotopic (exact) mass is 444 g/mol. The number of hydrogen-bond acceptors (Lipinski definition) is 6. The minimum atomic E-state index is -0.545. The Morgan fingerprint density at radius 1 is 1.29 bits per heavy atom. The highest BCUT2D eigenvalue weighted by atomic mass is 35.5. The van der Waals surface area contributed by atoms with Gasteiger partial charge in [0, 0.05) is 5.69 Å². The lowest BCUT2D eigenvalue weighted by Crippen LogP contribution is -2.08. The van der Waals surface area contributed by atoms with E-state index in [1.165, 1.54) is 13.2 Å². The molecule has 31 heavy (non-hydrogen) atoms. The van der Waals surface area contributed by atoms with Gasteiger partial charge in [0.2, 0.25) is 5.78 Å². The zero-order valence-corrected chi connectivity index (χ0v) is 19.1. The molecule has 0 atom stereocenters. The maximum atomic E-state index is 13.0. The Bertz CT molecular complexity index is 1080. The number of carbonyl (C=O) groups is 2. The van der Waals surface area contributed by atoms with E-state index in [1.54, 1.807) is 32.9 Å². The summed E-state index contributed by atoms with van der Waals surface area (Å²) in [6.45, 7) is 8.95. The highest BCUT2D eigenvalue weighted by molar-refractivity contribution is 6.32. The van der Waals surface area contributed by atoms with E-state index in [4.69, 9.17) is 25.8 Å². The van der Waals surface area contributed by atoms with Gasteiger partial charge in [-0.3, -0.25) is 4.79 Å². The van der Waals surface area contributed by atoms with Crippen molar-refractivity contribution in [1.29, 1.82) is 5.26 Å². The SMILES string of the molecule is CCOC(=O)c1c(C)[nH]c(C(=O)/C(C#N)=C/c2cc(Cl)c(OC(C)C)c(OC)c2)c1C. The number of methoxy groups -OCH3 is 1. The van der Waals surface area contributed by atoms with Crippen molar-refractivity contribution in [3.05, 3.63) is 50.8 Å². The summed E-state index contributed by atoms with van der Waals surface area (Å²) in [5.41, 5.74) is 1.74. The Hall–Kier alpha value is -3.24. The van der Waals surface area contributed by atoms with E-state index < -0.39 is 11.8 Å². The number of halogens is 1. The van der Waals surface area contributed by atoms with Gasteiger partial charge in [-0.2, -0.15) is 5.26 Å². The first-order valence-corrected chi connectivity index (χ1v) is 10.1. The number of benzene rings is 1. The van der Waals surface area contributed by atoms with Crippen LogP contribution in [-0.2, 0) is 4.74 Å². The summed E-state index contributed by atoms with van der Waals surface area (Å²) < 4.78 is 16.1. The van der Waals surface area contributed by atoms with E-state index in [2.05, 4.69) is 4.98 Å². The zero-order valence-electron chi connectivity index (χ0n) is 18.4. The molecule has 1 N–H and O–H groups in total. The van der Waals surface area contributed by atoms with E-state index >= 15 is 0 Å². The van der Waals surface area contributed by atoms with Crippen LogP contribution in [0.2, 0.25) is 5.02 Å². The van der Waals surface area contributed by atoms with Crippen molar-refractivity contribution in [1.82, 2.24) is 4.98 Å². The molecule has 1 aromatic heterocycles. The van der Waals surface area contributed by atoms with E-state index in [0.717, 1.165) is 0 Å². The number of nitrogens with zero attached hydrogens (tertiary/aromatic N) is 1. The number of Topliss-reactive ketones (excluding diaryl/α,β-unsaturated/α-hetero) is 1. The molecule has 0 aliphatic heterocycles. The van der Waals surface area contributed by atoms with Gasteiger partial charge >= 0.3 is 5.97 Å². The number of allylic oxidation sites excluding steroid dienone is 1. The summed E-state index contributed by atoms with van der Waals surface area (Å²) in [5.74, 6) is -0.298. The van der Waals surface area contributed by atoms with Gasteiger partial charge in [-0.15, -0.1) is 0 Å². The average molecular weight is 445 g/mol. The molecule has 2 aromatic rings. The van der Waals surface area contributed by atoms with Crippen LogP contribution in [0.3, 0.4) is 0 Å². The topological polar surface area (TPSA) is 101 Å². The summed E-state index contributed by atoms with van der Waals surface area (Å²) in [7, 11) is 1.48. The molecule has 1 aromatic carbocycles. The Labute approximate surface area is 186 Å². The van der Waals surface area contributed by atoms with Crippen LogP contribution in [0.25, 0.3) is 6.08 Å². The summed E-state index contributed by atoms with van der Waals surface area (Å²) in [6, 6.07) is 5.14. The average Bonchev–Trinajstić information content (AvgIpc) is 3.01. The highest BCUT2D eigenvalue weighted by Crippen LogP contribution is 2.37. The van der Waals surface area contributed by atoms with Crippen LogP contribution in [0.5, 0.6) is 11.5 Å². The molecule has 0 aliphatic carbocycles. The van der Waals surface area contributed by atoms with Crippen LogP contribution in [0.4, 0.5) is 0 Å². The fourth-order valence-corrected chi connectivity index (χ4v) is 3.37. The van der Waals surface area contributed by atoms with Crippen molar-refractivity contribution in [3.63, 3.8) is 0 Å². The van der Waals surface area contributed by atoms with Crippen LogP contribution in [0.1, 0.15) is 58.4 Å². The molecule has 0 fully saturated rings. The van der Waals surface area contributed by atoms with Gasteiger partial charge in [0.05, 0.1) is 36.1 Å². The van der Waals surface area contributed by atoms with Gasteiger partial charge in [0.15, 0.2) is 11.5 Å². The molecule has 0 saturated heterocycles. The fraction of sp³-hybridized carbons (Fsp3) is 0.348. The first-order chi connectivity index (χ1) is 14.6. The van der Waals surface area contributed by atoms with E-state index in [1.807, 2.05) is 19.9 Å². The number of carbonyl (C=O) groups excluding carboxylic acids is 2. The normalized spacial score (nSPS) is 11.3. The van der Waals surface area contributed by atoms with Crippen molar-refractivity contribution in [3.8, 4) is 17.6 Å². The third-order valence-corrected chi connectivity index (χ3v) is 4.71.